The number of carboxylic acid groups (broad SMARTS) is 1. The monoisotopic (exact) mass is 391 g/mol. The molecule has 1 saturated carbocycles. The van der Waals surface area contributed by atoms with E-state index in [4.69, 9.17) is 23.1 Å². The number of carbonyl (C=O) groups is 1. The molecular formula is C21H33N3O2S. The number of nitrogens with one attached hydrogen (secondary N) is 1. The van der Waals surface area contributed by atoms with Gasteiger partial charge in [-0.2, -0.15) is 0 Å². The molecule has 150 valence electrons. The molecule has 1 aliphatic rings. The maximum absolute atomic E-state index is 11.1. The summed E-state index contributed by atoms with van der Waals surface area (Å²) in [7, 11) is 0. The first-order chi connectivity index (χ1) is 12.8. The lowest BCUT2D eigenvalue weighted by Gasteiger charge is -2.38. The lowest BCUT2D eigenvalue weighted by molar-refractivity contribution is -0.137. The van der Waals surface area contributed by atoms with Crippen LogP contribution in [0.4, 0.5) is 11.4 Å². The molecule has 1 aromatic rings. The lowest BCUT2D eigenvalue weighted by atomic mass is 9.92. The fourth-order valence-corrected chi connectivity index (χ4v) is 4.06. The van der Waals surface area contributed by atoms with Gasteiger partial charge in [-0.15, -0.1) is 0 Å². The van der Waals surface area contributed by atoms with Gasteiger partial charge in [-0.25, -0.2) is 0 Å². The van der Waals surface area contributed by atoms with E-state index in [2.05, 4.69) is 30.1 Å². The Hall–Kier alpha value is -1.82. The third kappa shape index (κ3) is 6.38. The summed E-state index contributed by atoms with van der Waals surface area (Å²) in [5.74, 6) is -0.328. The summed E-state index contributed by atoms with van der Waals surface area (Å²) in [4.78, 5) is 13.6. The summed E-state index contributed by atoms with van der Waals surface area (Å²) in [6.45, 7) is 7.38. The molecule has 0 radical (unpaired) electrons. The van der Waals surface area contributed by atoms with Gasteiger partial charge in [0.2, 0.25) is 0 Å². The first-order valence-corrected chi connectivity index (χ1v) is 10.4. The smallest absolute Gasteiger partial charge is 0.303 e. The number of thiocarbonyl (C=S) groups is 1. The Labute approximate surface area is 168 Å². The lowest BCUT2D eigenvalue weighted by Crippen LogP contribution is -2.40. The molecular weight excluding hydrogens is 358 g/mol. The summed E-state index contributed by atoms with van der Waals surface area (Å²) >= 11 is 5.10. The van der Waals surface area contributed by atoms with E-state index in [9.17, 15) is 4.79 Å². The minimum absolute atomic E-state index is 0.0725. The maximum atomic E-state index is 11.1. The first-order valence-electron chi connectivity index (χ1n) is 9.96. The van der Waals surface area contributed by atoms with Crippen LogP contribution in [0, 0.1) is 5.92 Å². The molecule has 1 aliphatic carbocycles. The highest BCUT2D eigenvalue weighted by Gasteiger charge is 2.25. The minimum atomic E-state index is -0.793. The molecule has 2 rings (SSSR count). The zero-order valence-corrected chi connectivity index (χ0v) is 17.5. The minimum Gasteiger partial charge on any atom is -0.481 e. The van der Waals surface area contributed by atoms with Crippen LogP contribution in [0.2, 0.25) is 0 Å². The largest absolute Gasteiger partial charge is 0.481 e. The van der Waals surface area contributed by atoms with Gasteiger partial charge in [0.25, 0.3) is 0 Å². The van der Waals surface area contributed by atoms with Crippen molar-refractivity contribution in [2.24, 2.45) is 11.7 Å². The quantitative estimate of drug-likeness (QED) is 0.557. The average molecular weight is 392 g/mol. The molecule has 0 heterocycles. The fourth-order valence-electron chi connectivity index (χ4n) is 3.95. The van der Waals surface area contributed by atoms with Gasteiger partial charge < -0.3 is 21.1 Å². The van der Waals surface area contributed by atoms with Crippen molar-refractivity contribution >= 4 is 34.7 Å². The van der Waals surface area contributed by atoms with Crippen LogP contribution >= 0.6 is 12.2 Å². The topological polar surface area (TPSA) is 78.6 Å². The molecule has 1 aromatic carbocycles. The van der Waals surface area contributed by atoms with Crippen LogP contribution in [0.15, 0.2) is 18.2 Å². The van der Waals surface area contributed by atoms with E-state index >= 15 is 0 Å². The molecule has 1 atom stereocenters. The third-order valence-electron chi connectivity index (χ3n) is 5.22. The summed E-state index contributed by atoms with van der Waals surface area (Å²) in [5.41, 5.74) is 8.75. The van der Waals surface area contributed by atoms with E-state index in [0.717, 1.165) is 23.5 Å². The molecule has 0 spiro atoms. The number of aliphatic carboxylic acids is 1. The van der Waals surface area contributed by atoms with Crippen molar-refractivity contribution in [3.05, 3.63) is 23.8 Å². The van der Waals surface area contributed by atoms with E-state index in [-0.39, 0.29) is 17.5 Å². The number of anilines is 2. The van der Waals surface area contributed by atoms with E-state index < -0.39 is 5.97 Å². The summed E-state index contributed by atoms with van der Waals surface area (Å²) in [6.07, 6.45) is 6.36. The van der Waals surface area contributed by atoms with Crippen molar-refractivity contribution in [3.63, 3.8) is 0 Å². The molecule has 5 nitrogen and oxygen atoms in total. The Morgan fingerprint density at radius 2 is 1.96 bits per heavy atom. The molecule has 1 unspecified atom stereocenters. The fraction of sp³-hybridized carbons (Fsp3) is 0.619. The van der Waals surface area contributed by atoms with Gasteiger partial charge >= 0.3 is 5.97 Å². The van der Waals surface area contributed by atoms with Gasteiger partial charge in [0.1, 0.15) is 0 Å². The van der Waals surface area contributed by atoms with Gasteiger partial charge in [0.15, 0.2) is 5.11 Å². The first kappa shape index (κ1) is 21.5. The number of hydrogen-bond acceptors (Lipinski definition) is 3. The Morgan fingerprint density at radius 1 is 1.30 bits per heavy atom. The molecule has 4 N–H and O–H groups in total. The van der Waals surface area contributed by atoms with Crippen LogP contribution in [0.5, 0.6) is 0 Å². The predicted molar refractivity (Wildman–Crippen MR) is 117 cm³/mol. The van der Waals surface area contributed by atoms with Crippen molar-refractivity contribution in [1.82, 2.24) is 0 Å². The van der Waals surface area contributed by atoms with Gasteiger partial charge in [0, 0.05) is 12.6 Å². The van der Waals surface area contributed by atoms with E-state index in [0.29, 0.717) is 12.0 Å². The Kier molecular flexibility index (Phi) is 7.90. The molecule has 0 aliphatic heterocycles. The standard InChI is InChI=1S/C21H33N3O2S/c1-14(2)13-24(17-7-5-4-6-8-17)19-10-9-16(15(3)11-20(25)26)12-18(19)23-21(22)27/h9-10,12,14-15,17H,4-8,11,13H2,1-3H3,(H,25,26)(H3,22,23,27). The molecule has 1 fully saturated rings. The van der Waals surface area contributed by atoms with Crippen LogP contribution in [-0.4, -0.2) is 28.8 Å². The SMILES string of the molecule is CC(C)CN(c1ccc(C(C)CC(=O)O)cc1NC(N)=S)C1CCCCC1. The van der Waals surface area contributed by atoms with Crippen LogP contribution in [0.25, 0.3) is 0 Å². The van der Waals surface area contributed by atoms with Crippen molar-refractivity contribution < 1.29 is 9.90 Å². The van der Waals surface area contributed by atoms with Crippen LogP contribution in [0.3, 0.4) is 0 Å². The van der Waals surface area contributed by atoms with Crippen LogP contribution in [0.1, 0.15) is 70.8 Å². The van der Waals surface area contributed by atoms with Crippen molar-refractivity contribution in [2.75, 3.05) is 16.8 Å². The number of benzene rings is 1. The van der Waals surface area contributed by atoms with Crippen LogP contribution in [-0.2, 0) is 4.79 Å². The summed E-state index contributed by atoms with van der Waals surface area (Å²) in [5, 5.41) is 12.5. The number of nitrogens with two attached hydrogens (primary N) is 1. The number of nitrogens with zero attached hydrogens (tertiary/aromatic N) is 1. The van der Waals surface area contributed by atoms with Crippen molar-refractivity contribution in [2.45, 2.75) is 71.3 Å². The number of rotatable bonds is 8. The van der Waals surface area contributed by atoms with Gasteiger partial charge in [-0.3, -0.25) is 4.79 Å². The van der Waals surface area contributed by atoms with Gasteiger partial charge in [-0.1, -0.05) is 46.1 Å². The highest BCUT2D eigenvalue weighted by atomic mass is 32.1. The number of carboxylic acids is 1. The summed E-state index contributed by atoms with van der Waals surface area (Å²) < 4.78 is 0. The van der Waals surface area contributed by atoms with E-state index in [1.54, 1.807) is 0 Å². The van der Waals surface area contributed by atoms with E-state index in [1.807, 2.05) is 19.1 Å². The Morgan fingerprint density at radius 3 is 2.52 bits per heavy atom. The molecule has 6 heteroatoms. The third-order valence-corrected chi connectivity index (χ3v) is 5.32. The second kappa shape index (κ2) is 9.93. The maximum Gasteiger partial charge on any atom is 0.303 e. The second-order valence-corrected chi connectivity index (χ2v) is 8.54. The molecule has 0 aromatic heterocycles. The predicted octanol–water partition coefficient (Wildman–Crippen LogP) is 4.72. The summed E-state index contributed by atoms with van der Waals surface area (Å²) in [6, 6.07) is 6.68. The van der Waals surface area contributed by atoms with Gasteiger partial charge in [0.05, 0.1) is 17.8 Å². The van der Waals surface area contributed by atoms with E-state index in [1.165, 1.54) is 32.1 Å². The zero-order valence-electron chi connectivity index (χ0n) is 16.7. The zero-order chi connectivity index (χ0) is 20.0. The van der Waals surface area contributed by atoms with Crippen molar-refractivity contribution in [1.29, 1.82) is 0 Å². The molecule has 0 amide bonds. The highest BCUT2D eigenvalue weighted by molar-refractivity contribution is 7.80. The second-order valence-electron chi connectivity index (χ2n) is 8.10. The highest BCUT2D eigenvalue weighted by Crippen LogP contribution is 2.35. The normalized spacial score (nSPS) is 16.1. The Bertz CT molecular complexity index is 657. The molecule has 0 saturated heterocycles. The molecule has 27 heavy (non-hydrogen) atoms. The Balaban J connectivity index is 2.40. The average Bonchev–Trinajstić information content (AvgIpc) is 2.59. The van der Waals surface area contributed by atoms with Crippen LogP contribution < -0.4 is 16.0 Å². The van der Waals surface area contributed by atoms with Crippen molar-refractivity contribution in [3.8, 4) is 0 Å². The molecule has 0 bridgehead atoms. The number of hydrogen-bond donors (Lipinski definition) is 3. The van der Waals surface area contributed by atoms with Gasteiger partial charge in [-0.05, 0) is 54.6 Å².